The second kappa shape index (κ2) is 4.10. The van der Waals surface area contributed by atoms with E-state index >= 15 is 0 Å². The molecule has 0 amide bonds. The number of nitrogen functional groups attached to an aromatic ring is 1. The van der Waals surface area contributed by atoms with Gasteiger partial charge in [0, 0.05) is 10.8 Å². The largest absolute Gasteiger partial charge is 0.381 e. The van der Waals surface area contributed by atoms with E-state index in [0.29, 0.717) is 12.4 Å². The van der Waals surface area contributed by atoms with Crippen LogP contribution < -0.4 is 5.73 Å². The second-order valence-corrected chi connectivity index (χ2v) is 6.04. The van der Waals surface area contributed by atoms with Gasteiger partial charge in [-0.25, -0.2) is 9.67 Å². The summed E-state index contributed by atoms with van der Waals surface area (Å²) in [5.74, 6) is 0.484. The van der Waals surface area contributed by atoms with Crippen LogP contribution in [-0.4, -0.2) is 20.0 Å². The number of anilines is 1. The van der Waals surface area contributed by atoms with Crippen LogP contribution in [0.4, 0.5) is 5.82 Å². The van der Waals surface area contributed by atoms with E-state index in [1.165, 1.54) is 0 Å². The van der Waals surface area contributed by atoms with E-state index in [0.717, 1.165) is 16.4 Å². The maximum atomic E-state index is 5.66. The van der Waals surface area contributed by atoms with Gasteiger partial charge in [0.1, 0.15) is 5.01 Å². The van der Waals surface area contributed by atoms with Gasteiger partial charge >= 0.3 is 0 Å². The van der Waals surface area contributed by atoms with Crippen molar-refractivity contribution in [3.63, 3.8) is 0 Å². The van der Waals surface area contributed by atoms with Crippen LogP contribution >= 0.6 is 11.3 Å². The quantitative estimate of drug-likeness (QED) is 0.886. The van der Waals surface area contributed by atoms with Gasteiger partial charge in [0.05, 0.1) is 17.9 Å². The van der Waals surface area contributed by atoms with Crippen molar-refractivity contribution in [2.75, 3.05) is 5.73 Å². The number of aromatic nitrogens is 4. The minimum Gasteiger partial charge on any atom is -0.381 e. The summed E-state index contributed by atoms with van der Waals surface area (Å²) in [5, 5.41) is 11.0. The first-order valence-electron chi connectivity index (χ1n) is 5.48. The van der Waals surface area contributed by atoms with Crippen LogP contribution in [0.3, 0.4) is 0 Å². The van der Waals surface area contributed by atoms with Crippen LogP contribution in [0.1, 0.15) is 37.2 Å². The van der Waals surface area contributed by atoms with Gasteiger partial charge in [-0.3, -0.25) is 0 Å². The Morgan fingerprint density at radius 1 is 1.41 bits per heavy atom. The van der Waals surface area contributed by atoms with Crippen molar-refractivity contribution in [2.24, 2.45) is 0 Å². The molecule has 0 spiro atoms. The van der Waals surface area contributed by atoms with Crippen molar-refractivity contribution in [3.05, 3.63) is 21.8 Å². The molecular weight excluding hydrogens is 234 g/mol. The van der Waals surface area contributed by atoms with Crippen molar-refractivity contribution in [2.45, 2.75) is 39.7 Å². The first-order chi connectivity index (χ1) is 7.88. The number of hydrogen-bond acceptors (Lipinski definition) is 5. The third kappa shape index (κ3) is 2.46. The van der Waals surface area contributed by atoms with Crippen molar-refractivity contribution >= 4 is 17.2 Å². The topological polar surface area (TPSA) is 69.6 Å². The van der Waals surface area contributed by atoms with E-state index in [4.69, 9.17) is 5.73 Å². The molecule has 92 valence electrons. The lowest BCUT2D eigenvalue weighted by Gasteiger charge is -2.14. The first kappa shape index (κ1) is 12.0. The molecule has 0 bridgehead atoms. The number of hydrogen-bond donors (Lipinski definition) is 1. The molecule has 0 aliphatic rings. The van der Waals surface area contributed by atoms with Crippen LogP contribution in [0.2, 0.25) is 0 Å². The Labute approximate surface area is 105 Å². The van der Waals surface area contributed by atoms with Gasteiger partial charge in [-0.15, -0.1) is 16.4 Å². The van der Waals surface area contributed by atoms with Gasteiger partial charge in [0.2, 0.25) is 0 Å². The molecule has 0 saturated carbocycles. The molecule has 0 saturated heterocycles. The Hall–Kier alpha value is -1.43. The number of thiazole rings is 1. The number of nitrogens with two attached hydrogens (primary N) is 1. The van der Waals surface area contributed by atoms with Crippen molar-refractivity contribution < 1.29 is 0 Å². The third-order valence-corrected chi connectivity index (χ3v) is 3.46. The SMILES string of the molecule is Cc1c(N)nnn1Cc1nc(C(C)(C)C)cs1. The minimum absolute atomic E-state index is 0.0885. The average molecular weight is 251 g/mol. The molecule has 0 aliphatic carbocycles. The van der Waals surface area contributed by atoms with E-state index < -0.39 is 0 Å². The van der Waals surface area contributed by atoms with Gasteiger partial charge in [0.15, 0.2) is 5.82 Å². The van der Waals surface area contributed by atoms with Gasteiger partial charge < -0.3 is 5.73 Å². The second-order valence-electron chi connectivity index (χ2n) is 5.09. The molecular formula is C11H17N5S. The maximum Gasteiger partial charge on any atom is 0.168 e. The Balaban J connectivity index is 2.20. The Morgan fingerprint density at radius 3 is 2.59 bits per heavy atom. The summed E-state index contributed by atoms with van der Waals surface area (Å²) >= 11 is 1.65. The molecule has 2 aromatic rings. The lowest BCUT2D eigenvalue weighted by Crippen LogP contribution is -2.12. The average Bonchev–Trinajstić information content (AvgIpc) is 2.80. The number of rotatable bonds is 2. The summed E-state index contributed by atoms with van der Waals surface area (Å²) in [5.41, 5.74) is 7.75. The summed E-state index contributed by atoms with van der Waals surface area (Å²) in [4.78, 5) is 4.62. The van der Waals surface area contributed by atoms with E-state index in [2.05, 4.69) is 41.4 Å². The summed E-state index contributed by atoms with van der Waals surface area (Å²) in [7, 11) is 0. The summed E-state index contributed by atoms with van der Waals surface area (Å²) < 4.78 is 1.78. The van der Waals surface area contributed by atoms with Gasteiger partial charge in [-0.1, -0.05) is 26.0 Å². The Bertz CT molecular complexity index is 520. The molecule has 2 rings (SSSR count). The zero-order valence-corrected chi connectivity index (χ0v) is 11.4. The maximum absolute atomic E-state index is 5.66. The van der Waals surface area contributed by atoms with Crippen molar-refractivity contribution in [1.29, 1.82) is 0 Å². The highest BCUT2D eigenvalue weighted by molar-refractivity contribution is 7.09. The van der Waals surface area contributed by atoms with Crippen molar-refractivity contribution in [1.82, 2.24) is 20.0 Å². The van der Waals surface area contributed by atoms with Crippen molar-refractivity contribution in [3.8, 4) is 0 Å². The third-order valence-electron chi connectivity index (χ3n) is 2.62. The number of nitrogens with zero attached hydrogens (tertiary/aromatic N) is 4. The zero-order valence-electron chi connectivity index (χ0n) is 10.6. The molecule has 2 heterocycles. The molecule has 0 aliphatic heterocycles. The Morgan fingerprint density at radius 2 is 2.12 bits per heavy atom. The lowest BCUT2D eigenvalue weighted by molar-refractivity contribution is 0.565. The fourth-order valence-corrected chi connectivity index (χ4v) is 2.38. The molecule has 0 fully saturated rings. The van der Waals surface area contributed by atoms with E-state index in [1.807, 2.05) is 6.92 Å². The minimum atomic E-state index is 0.0885. The van der Waals surface area contributed by atoms with Gasteiger partial charge in [0.25, 0.3) is 0 Å². The molecule has 0 aromatic carbocycles. The summed E-state index contributed by atoms with van der Waals surface area (Å²) in [6, 6.07) is 0. The van der Waals surface area contributed by atoms with E-state index in [-0.39, 0.29) is 5.41 Å². The fourth-order valence-electron chi connectivity index (χ4n) is 1.38. The van der Waals surface area contributed by atoms with Crippen LogP contribution in [0.15, 0.2) is 5.38 Å². The fraction of sp³-hybridized carbons (Fsp3) is 0.545. The molecule has 0 radical (unpaired) electrons. The standard InChI is InChI=1S/C11H17N5S/c1-7-10(12)14-15-16(7)5-9-13-8(6-17-9)11(2,3)4/h6H,5,12H2,1-4H3. The molecule has 0 unspecified atom stereocenters. The first-order valence-corrected chi connectivity index (χ1v) is 6.36. The van der Waals surface area contributed by atoms with Gasteiger partial charge in [-0.2, -0.15) is 0 Å². The molecule has 2 aromatic heterocycles. The highest BCUT2D eigenvalue weighted by Gasteiger charge is 2.18. The lowest BCUT2D eigenvalue weighted by atomic mass is 9.93. The van der Waals surface area contributed by atoms with E-state index in [1.54, 1.807) is 16.0 Å². The highest BCUT2D eigenvalue weighted by atomic mass is 32.1. The molecule has 6 heteroatoms. The smallest absolute Gasteiger partial charge is 0.168 e. The van der Waals surface area contributed by atoms with E-state index in [9.17, 15) is 0 Å². The molecule has 0 atom stereocenters. The van der Waals surface area contributed by atoms with Crippen LogP contribution in [0.5, 0.6) is 0 Å². The predicted molar refractivity (Wildman–Crippen MR) is 69.1 cm³/mol. The Kier molecular flexibility index (Phi) is 2.91. The van der Waals surface area contributed by atoms with Crippen LogP contribution in [0.25, 0.3) is 0 Å². The molecule has 17 heavy (non-hydrogen) atoms. The molecule has 2 N–H and O–H groups in total. The normalized spacial score (nSPS) is 12.0. The van der Waals surface area contributed by atoms with Crippen LogP contribution in [0, 0.1) is 6.92 Å². The monoisotopic (exact) mass is 251 g/mol. The predicted octanol–water partition coefficient (Wildman–Crippen LogP) is 1.97. The molecule has 5 nitrogen and oxygen atoms in total. The summed E-state index contributed by atoms with van der Waals surface area (Å²) in [6.07, 6.45) is 0. The van der Waals surface area contributed by atoms with Gasteiger partial charge in [-0.05, 0) is 6.92 Å². The zero-order chi connectivity index (χ0) is 12.6. The van der Waals surface area contributed by atoms with Crippen LogP contribution in [-0.2, 0) is 12.0 Å². The highest BCUT2D eigenvalue weighted by Crippen LogP contribution is 2.24. The summed E-state index contributed by atoms with van der Waals surface area (Å²) in [6.45, 7) is 9.02.